The molecule has 0 saturated carbocycles. The van der Waals surface area contributed by atoms with E-state index in [1.165, 1.54) is 24.3 Å². The number of rotatable bonds is 5. The van der Waals surface area contributed by atoms with Gasteiger partial charge in [0, 0.05) is 29.0 Å². The third kappa shape index (κ3) is 4.66. The molecule has 105 valence electrons. The van der Waals surface area contributed by atoms with Crippen LogP contribution >= 0.6 is 0 Å². The number of anilines is 1. The van der Waals surface area contributed by atoms with Crippen LogP contribution in [0.5, 0.6) is 0 Å². The first kappa shape index (κ1) is 16.9. The Labute approximate surface area is 115 Å². The first-order valence-electron chi connectivity index (χ1n) is 4.75. The standard InChI is InChI=1S/C10H13NO5S.Cu/c1-17(15,16)8-4-2-7(3-5-8)11-9(6-12)10(13)14;/h2-5,9,11-12H,6H2,1H3,(H,13,14);. The Hall–Kier alpha value is -1.08. The van der Waals surface area contributed by atoms with E-state index in [-0.39, 0.29) is 22.0 Å². The van der Waals surface area contributed by atoms with Crippen molar-refractivity contribution in [3.05, 3.63) is 24.3 Å². The number of aliphatic carboxylic acids is 1. The number of benzene rings is 1. The van der Waals surface area contributed by atoms with Crippen LogP contribution in [0.3, 0.4) is 0 Å². The molecule has 0 amide bonds. The molecule has 1 rings (SSSR count). The monoisotopic (exact) mass is 322 g/mol. The van der Waals surface area contributed by atoms with E-state index in [0.717, 1.165) is 6.26 Å². The van der Waals surface area contributed by atoms with Crippen molar-refractivity contribution < 1.29 is 40.5 Å². The summed E-state index contributed by atoms with van der Waals surface area (Å²) in [5, 5.41) is 20.1. The third-order valence-corrected chi connectivity index (χ3v) is 3.23. The fourth-order valence-corrected chi connectivity index (χ4v) is 1.82. The molecule has 1 unspecified atom stereocenters. The molecule has 0 aliphatic rings. The molecular formula is C10H13CuNO5S. The van der Waals surface area contributed by atoms with Crippen molar-refractivity contribution in [3.8, 4) is 0 Å². The number of nitrogens with one attached hydrogen (secondary N) is 1. The van der Waals surface area contributed by atoms with Gasteiger partial charge in [0.1, 0.15) is 6.04 Å². The smallest absolute Gasteiger partial charge is 0.328 e. The Morgan fingerprint density at radius 1 is 1.33 bits per heavy atom. The third-order valence-electron chi connectivity index (χ3n) is 2.10. The zero-order chi connectivity index (χ0) is 13.1. The summed E-state index contributed by atoms with van der Waals surface area (Å²) in [4.78, 5) is 10.8. The van der Waals surface area contributed by atoms with Crippen molar-refractivity contribution in [2.24, 2.45) is 0 Å². The molecule has 0 aliphatic heterocycles. The van der Waals surface area contributed by atoms with Crippen LogP contribution in [0.25, 0.3) is 0 Å². The van der Waals surface area contributed by atoms with E-state index in [4.69, 9.17) is 10.2 Å². The molecule has 0 bridgehead atoms. The molecule has 0 aromatic heterocycles. The van der Waals surface area contributed by atoms with Gasteiger partial charge >= 0.3 is 5.97 Å². The summed E-state index contributed by atoms with van der Waals surface area (Å²) >= 11 is 0. The quantitative estimate of drug-likeness (QED) is 0.656. The maximum absolute atomic E-state index is 11.2. The van der Waals surface area contributed by atoms with Crippen molar-refractivity contribution in [2.75, 3.05) is 18.2 Å². The van der Waals surface area contributed by atoms with Crippen LogP contribution in [0.15, 0.2) is 29.2 Å². The zero-order valence-electron chi connectivity index (χ0n) is 9.42. The predicted octanol–water partition coefficient (Wildman–Crippen LogP) is -0.0550. The number of carbonyl (C=O) groups is 1. The predicted molar refractivity (Wildman–Crippen MR) is 61.7 cm³/mol. The molecule has 1 radical (unpaired) electrons. The van der Waals surface area contributed by atoms with Gasteiger partial charge in [-0.2, -0.15) is 0 Å². The summed E-state index contributed by atoms with van der Waals surface area (Å²) < 4.78 is 22.4. The Balaban J connectivity index is 0.00000289. The SMILES string of the molecule is CS(=O)(=O)c1ccc(NC(CO)C(=O)O)cc1.[Cu]. The number of carboxylic acids is 1. The van der Waals surface area contributed by atoms with Gasteiger partial charge in [0.05, 0.1) is 11.5 Å². The normalized spacial score (nSPS) is 12.3. The van der Waals surface area contributed by atoms with Crippen molar-refractivity contribution in [1.82, 2.24) is 0 Å². The van der Waals surface area contributed by atoms with Crippen LogP contribution in [0.4, 0.5) is 5.69 Å². The summed E-state index contributed by atoms with van der Waals surface area (Å²) in [5.74, 6) is -1.18. The van der Waals surface area contributed by atoms with E-state index in [1.54, 1.807) is 0 Å². The van der Waals surface area contributed by atoms with Gasteiger partial charge in [-0.25, -0.2) is 13.2 Å². The first-order valence-corrected chi connectivity index (χ1v) is 6.64. The van der Waals surface area contributed by atoms with Crippen LogP contribution in [0, 0.1) is 0 Å². The maximum atomic E-state index is 11.2. The molecule has 6 nitrogen and oxygen atoms in total. The Morgan fingerprint density at radius 3 is 2.17 bits per heavy atom. The van der Waals surface area contributed by atoms with Crippen molar-refractivity contribution in [1.29, 1.82) is 0 Å². The number of hydrogen-bond acceptors (Lipinski definition) is 5. The Bertz CT molecular complexity index is 500. The maximum Gasteiger partial charge on any atom is 0.328 e. The summed E-state index contributed by atoms with van der Waals surface area (Å²) in [6.07, 6.45) is 1.09. The van der Waals surface area contributed by atoms with E-state index in [2.05, 4.69) is 5.32 Å². The fourth-order valence-electron chi connectivity index (χ4n) is 1.19. The second-order valence-electron chi connectivity index (χ2n) is 3.51. The molecule has 3 N–H and O–H groups in total. The van der Waals surface area contributed by atoms with Gasteiger partial charge in [-0.15, -0.1) is 0 Å². The Kier molecular flexibility index (Phi) is 6.34. The summed E-state index contributed by atoms with van der Waals surface area (Å²) in [6.45, 7) is -0.552. The van der Waals surface area contributed by atoms with E-state index in [1.807, 2.05) is 0 Å². The van der Waals surface area contributed by atoms with Gasteiger partial charge in [0.2, 0.25) is 0 Å². The largest absolute Gasteiger partial charge is 0.480 e. The van der Waals surface area contributed by atoms with Gasteiger partial charge in [0.25, 0.3) is 0 Å². The van der Waals surface area contributed by atoms with Crippen LogP contribution < -0.4 is 5.32 Å². The van der Waals surface area contributed by atoms with Crippen molar-refractivity contribution in [2.45, 2.75) is 10.9 Å². The minimum atomic E-state index is -3.26. The van der Waals surface area contributed by atoms with E-state index in [0.29, 0.717) is 5.69 Å². The molecule has 0 fully saturated rings. The molecule has 18 heavy (non-hydrogen) atoms. The number of carboxylic acid groups (broad SMARTS) is 1. The second-order valence-corrected chi connectivity index (χ2v) is 5.53. The summed E-state index contributed by atoms with van der Waals surface area (Å²) in [7, 11) is -3.26. The minimum absolute atomic E-state index is 0. The van der Waals surface area contributed by atoms with E-state index < -0.39 is 28.5 Å². The molecule has 0 saturated heterocycles. The average Bonchev–Trinajstić information content (AvgIpc) is 2.25. The summed E-state index contributed by atoms with van der Waals surface area (Å²) in [5.41, 5.74) is 0.429. The second kappa shape index (κ2) is 6.75. The summed E-state index contributed by atoms with van der Waals surface area (Å²) in [6, 6.07) is 4.52. The van der Waals surface area contributed by atoms with Crippen LogP contribution in [0.1, 0.15) is 0 Å². The molecular weight excluding hydrogens is 310 g/mol. The minimum Gasteiger partial charge on any atom is -0.480 e. The van der Waals surface area contributed by atoms with Crippen LogP contribution in [-0.2, 0) is 31.7 Å². The van der Waals surface area contributed by atoms with Gasteiger partial charge in [-0.05, 0) is 24.3 Å². The average molecular weight is 323 g/mol. The number of aliphatic hydroxyl groups is 1. The van der Waals surface area contributed by atoms with Crippen LogP contribution in [-0.4, -0.2) is 43.5 Å². The van der Waals surface area contributed by atoms with Gasteiger partial charge < -0.3 is 15.5 Å². The molecule has 0 aliphatic carbocycles. The molecule has 8 heteroatoms. The fraction of sp³-hybridized carbons (Fsp3) is 0.300. The molecule has 0 heterocycles. The molecule has 0 spiro atoms. The molecule has 1 aromatic carbocycles. The molecule has 1 atom stereocenters. The van der Waals surface area contributed by atoms with Gasteiger partial charge in [0.15, 0.2) is 9.84 Å². The number of sulfone groups is 1. The van der Waals surface area contributed by atoms with E-state index in [9.17, 15) is 13.2 Å². The van der Waals surface area contributed by atoms with E-state index >= 15 is 0 Å². The Morgan fingerprint density at radius 2 is 1.83 bits per heavy atom. The van der Waals surface area contributed by atoms with Crippen molar-refractivity contribution >= 4 is 21.5 Å². The van der Waals surface area contributed by atoms with Crippen molar-refractivity contribution in [3.63, 3.8) is 0 Å². The zero-order valence-corrected chi connectivity index (χ0v) is 11.2. The number of aliphatic hydroxyl groups excluding tert-OH is 1. The number of hydrogen-bond donors (Lipinski definition) is 3. The first-order chi connectivity index (χ1) is 7.84. The van der Waals surface area contributed by atoms with Gasteiger partial charge in [-0.3, -0.25) is 0 Å². The van der Waals surface area contributed by atoms with Gasteiger partial charge in [-0.1, -0.05) is 0 Å². The molecule has 1 aromatic rings. The van der Waals surface area contributed by atoms with Crippen LogP contribution in [0.2, 0.25) is 0 Å². The topological polar surface area (TPSA) is 104 Å².